The quantitative estimate of drug-likeness (QED) is 0.929. The molecule has 1 aromatic carbocycles. The molecule has 3 nitrogen and oxygen atoms in total. The largest absolute Gasteiger partial charge is 0.496 e. The van der Waals surface area contributed by atoms with Crippen LogP contribution < -0.4 is 15.4 Å². The van der Waals surface area contributed by atoms with E-state index in [0.717, 1.165) is 11.3 Å². The summed E-state index contributed by atoms with van der Waals surface area (Å²) in [6.07, 6.45) is -3.43. The Kier molecular flexibility index (Phi) is 4.66. The molecule has 1 aliphatic rings. The first-order chi connectivity index (χ1) is 9.84. The molecule has 21 heavy (non-hydrogen) atoms. The smallest absolute Gasteiger partial charge is 0.393 e. The molecule has 0 radical (unpaired) electrons. The predicted molar refractivity (Wildman–Crippen MR) is 76.6 cm³/mol. The molecule has 0 aromatic heterocycles. The predicted octanol–water partition coefficient (Wildman–Crippen LogP) is 3.49. The summed E-state index contributed by atoms with van der Waals surface area (Å²) in [5.74, 6) is -0.657. The fourth-order valence-corrected chi connectivity index (χ4v) is 2.91. The van der Waals surface area contributed by atoms with Gasteiger partial charge in [-0.1, -0.05) is 6.07 Å². The van der Waals surface area contributed by atoms with E-state index >= 15 is 0 Å². The normalized spacial score (nSPS) is 21.2. The number of hydrogen-bond acceptors (Lipinski definition) is 3. The number of benzene rings is 1. The van der Waals surface area contributed by atoms with Gasteiger partial charge in [0.05, 0.1) is 13.0 Å². The summed E-state index contributed by atoms with van der Waals surface area (Å²) in [5.41, 5.74) is 7.50. The van der Waals surface area contributed by atoms with E-state index in [9.17, 15) is 13.2 Å². The first kappa shape index (κ1) is 15.9. The first-order valence-electron chi connectivity index (χ1n) is 7.08. The van der Waals surface area contributed by atoms with Gasteiger partial charge in [-0.3, -0.25) is 0 Å². The van der Waals surface area contributed by atoms with Crippen LogP contribution in [0.25, 0.3) is 0 Å². The molecular formula is C15H21F3N2O. The summed E-state index contributed by atoms with van der Waals surface area (Å²) in [7, 11) is 1.54. The number of rotatable bonds is 3. The van der Waals surface area contributed by atoms with Gasteiger partial charge in [0.15, 0.2) is 0 Å². The van der Waals surface area contributed by atoms with Crippen LogP contribution in [-0.4, -0.2) is 26.4 Å². The van der Waals surface area contributed by atoms with Gasteiger partial charge < -0.3 is 15.4 Å². The molecule has 0 spiro atoms. The van der Waals surface area contributed by atoms with Crippen LogP contribution in [0.5, 0.6) is 5.75 Å². The van der Waals surface area contributed by atoms with Crippen molar-refractivity contribution in [2.45, 2.75) is 32.0 Å². The van der Waals surface area contributed by atoms with Gasteiger partial charge in [-0.2, -0.15) is 13.2 Å². The number of nitrogens with zero attached hydrogens (tertiary/aromatic N) is 1. The number of hydrogen-bond donors (Lipinski definition) is 1. The average molecular weight is 302 g/mol. The second-order valence-electron chi connectivity index (χ2n) is 5.51. The van der Waals surface area contributed by atoms with Crippen LogP contribution in [0.15, 0.2) is 18.2 Å². The van der Waals surface area contributed by atoms with Crippen LogP contribution >= 0.6 is 0 Å². The minimum Gasteiger partial charge on any atom is -0.496 e. The van der Waals surface area contributed by atoms with Crippen molar-refractivity contribution in [1.29, 1.82) is 0 Å². The summed E-state index contributed by atoms with van der Waals surface area (Å²) in [5, 5.41) is 0. The zero-order chi connectivity index (χ0) is 15.6. The van der Waals surface area contributed by atoms with Crippen molar-refractivity contribution < 1.29 is 17.9 Å². The summed E-state index contributed by atoms with van der Waals surface area (Å²) in [6, 6.07) is 5.09. The summed E-state index contributed by atoms with van der Waals surface area (Å²) < 4.78 is 44.2. The second kappa shape index (κ2) is 6.13. The van der Waals surface area contributed by atoms with E-state index in [1.807, 2.05) is 13.0 Å². The van der Waals surface area contributed by atoms with Crippen LogP contribution in [0.3, 0.4) is 0 Å². The minimum absolute atomic E-state index is 0.0175. The Balaban J connectivity index is 2.33. The van der Waals surface area contributed by atoms with Gasteiger partial charge in [0.1, 0.15) is 5.75 Å². The second-order valence-corrected chi connectivity index (χ2v) is 5.51. The van der Waals surface area contributed by atoms with E-state index in [0.29, 0.717) is 18.7 Å². The molecule has 6 heteroatoms. The lowest BCUT2D eigenvalue weighted by Gasteiger charge is -2.37. The zero-order valence-electron chi connectivity index (χ0n) is 12.3. The van der Waals surface area contributed by atoms with Crippen molar-refractivity contribution >= 4 is 5.69 Å². The van der Waals surface area contributed by atoms with E-state index in [2.05, 4.69) is 0 Å². The molecule has 0 amide bonds. The van der Waals surface area contributed by atoms with Gasteiger partial charge in [0.25, 0.3) is 0 Å². The van der Waals surface area contributed by atoms with Crippen LogP contribution in [0, 0.1) is 5.92 Å². The summed E-state index contributed by atoms with van der Waals surface area (Å²) in [6.45, 7) is 2.41. The molecule has 2 rings (SSSR count). The number of piperidine rings is 1. The Hall–Kier alpha value is -1.43. The third-order valence-electron chi connectivity index (χ3n) is 3.94. The minimum atomic E-state index is -4.15. The number of alkyl halides is 3. The molecule has 2 N–H and O–H groups in total. The Labute approximate surface area is 122 Å². The highest BCUT2D eigenvalue weighted by atomic mass is 19.4. The van der Waals surface area contributed by atoms with Gasteiger partial charge in [-0.25, -0.2) is 0 Å². The number of methoxy groups -OCH3 is 1. The number of nitrogens with two attached hydrogens (primary N) is 1. The monoisotopic (exact) mass is 302 g/mol. The lowest BCUT2D eigenvalue weighted by atomic mass is 9.95. The third-order valence-corrected chi connectivity index (χ3v) is 3.94. The van der Waals surface area contributed by atoms with Crippen LogP contribution in [0.2, 0.25) is 0 Å². The standard InChI is InChI=1S/C15H21F3N2O/c1-10(19)14-12(6-3-7-13(14)21-2)20-8-4-5-11(9-20)15(16,17)18/h3,6-7,10-11H,4-5,8-9,19H2,1-2H3/t10-,11?/m0/s1. The SMILES string of the molecule is COc1cccc(N2CCCC(C(F)(F)F)C2)c1[C@H](C)N. The molecule has 1 unspecified atom stereocenters. The maximum Gasteiger partial charge on any atom is 0.393 e. The van der Waals surface area contributed by atoms with Gasteiger partial charge >= 0.3 is 6.18 Å². The van der Waals surface area contributed by atoms with Crippen molar-refractivity contribution in [1.82, 2.24) is 0 Å². The third kappa shape index (κ3) is 3.43. The van der Waals surface area contributed by atoms with Crippen molar-refractivity contribution in [2.75, 3.05) is 25.1 Å². The molecule has 1 aliphatic heterocycles. The zero-order valence-corrected chi connectivity index (χ0v) is 12.3. The summed E-state index contributed by atoms with van der Waals surface area (Å²) >= 11 is 0. The molecule has 0 saturated carbocycles. The Morgan fingerprint density at radius 1 is 1.38 bits per heavy atom. The lowest BCUT2D eigenvalue weighted by molar-refractivity contribution is -0.176. The van der Waals surface area contributed by atoms with E-state index in [-0.39, 0.29) is 19.0 Å². The number of anilines is 1. The van der Waals surface area contributed by atoms with Crippen molar-refractivity contribution in [2.24, 2.45) is 11.7 Å². The van der Waals surface area contributed by atoms with E-state index in [1.165, 1.54) is 0 Å². The Morgan fingerprint density at radius 3 is 2.67 bits per heavy atom. The number of halogens is 3. The van der Waals surface area contributed by atoms with E-state index < -0.39 is 12.1 Å². The molecule has 1 fully saturated rings. The van der Waals surface area contributed by atoms with Crippen LogP contribution in [-0.2, 0) is 0 Å². The first-order valence-corrected chi connectivity index (χ1v) is 7.08. The van der Waals surface area contributed by atoms with Gasteiger partial charge in [0.2, 0.25) is 0 Å². The molecule has 2 atom stereocenters. The highest BCUT2D eigenvalue weighted by molar-refractivity contribution is 5.61. The molecule has 118 valence electrons. The molecule has 1 heterocycles. The van der Waals surface area contributed by atoms with Crippen molar-refractivity contribution in [3.05, 3.63) is 23.8 Å². The average Bonchev–Trinajstić information content (AvgIpc) is 2.45. The van der Waals surface area contributed by atoms with E-state index in [4.69, 9.17) is 10.5 Å². The topological polar surface area (TPSA) is 38.5 Å². The maximum absolute atomic E-state index is 13.0. The molecule has 1 aromatic rings. The lowest BCUT2D eigenvalue weighted by Crippen LogP contribution is -2.42. The van der Waals surface area contributed by atoms with Crippen LogP contribution in [0.4, 0.5) is 18.9 Å². The molecule has 0 aliphatic carbocycles. The van der Waals surface area contributed by atoms with Crippen molar-refractivity contribution in [3.8, 4) is 5.75 Å². The van der Waals surface area contributed by atoms with Crippen LogP contribution in [0.1, 0.15) is 31.4 Å². The van der Waals surface area contributed by atoms with Gasteiger partial charge in [-0.05, 0) is 31.9 Å². The van der Waals surface area contributed by atoms with Gasteiger partial charge in [0, 0.05) is 30.4 Å². The fraction of sp³-hybridized carbons (Fsp3) is 0.600. The molecule has 0 bridgehead atoms. The molecule has 1 saturated heterocycles. The highest BCUT2D eigenvalue weighted by Crippen LogP contribution is 2.39. The number of ether oxygens (including phenoxy) is 1. The Morgan fingerprint density at radius 2 is 2.10 bits per heavy atom. The highest BCUT2D eigenvalue weighted by Gasteiger charge is 2.42. The maximum atomic E-state index is 13.0. The van der Waals surface area contributed by atoms with E-state index in [1.54, 1.807) is 24.1 Å². The fourth-order valence-electron chi connectivity index (χ4n) is 2.91. The molecular weight excluding hydrogens is 281 g/mol. The Bertz CT molecular complexity index is 488. The summed E-state index contributed by atoms with van der Waals surface area (Å²) in [4.78, 5) is 1.78. The van der Waals surface area contributed by atoms with Crippen molar-refractivity contribution in [3.63, 3.8) is 0 Å². The van der Waals surface area contributed by atoms with Gasteiger partial charge in [-0.15, -0.1) is 0 Å².